The first kappa shape index (κ1) is 11.6. The van der Waals surface area contributed by atoms with Gasteiger partial charge in [-0.05, 0) is 44.4 Å². The summed E-state index contributed by atoms with van der Waals surface area (Å²) < 4.78 is 0. The van der Waals surface area contributed by atoms with E-state index in [4.69, 9.17) is 5.73 Å². The van der Waals surface area contributed by atoms with E-state index in [0.717, 1.165) is 6.54 Å². The van der Waals surface area contributed by atoms with E-state index in [2.05, 4.69) is 43.0 Å². The molecule has 0 atom stereocenters. The van der Waals surface area contributed by atoms with Gasteiger partial charge in [-0.1, -0.05) is 24.3 Å². The topological polar surface area (TPSA) is 29.3 Å². The highest BCUT2D eigenvalue weighted by atomic mass is 15.2. The molecule has 1 aromatic carbocycles. The lowest BCUT2D eigenvalue weighted by Gasteiger charge is -2.31. The lowest BCUT2D eigenvalue weighted by Crippen LogP contribution is -2.37. The lowest BCUT2D eigenvalue weighted by molar-refractivity contribution is 0.166. The van der Waals surface area contributed by atoms with Crippen LogP contribution in [0.1, 0.15) is 37.8 Å². The SMILES string of the molecule is CC1(C)CCCN1Cc1cccc(CN)c1. The predicted molar refractivity (Wildman–Crippen MR) is 68.1 cm³/mol. The third kappa shape index (κ3) is 2.45. The number of nitrogens with zero attached hydrogens (tertiary/aromatic N) is 1. The van der Waals surface area contributed by atoms with Crippen molar-refractivity contribution in [3.8, 4) is 0 Å². The number of nitrogens with two attached hydrogens (primary N) is 1. The maximum atomic E-state index is 5.67. The van der Waals surface area contributed by atoms with Gasteiger partial charge < -0.3 is 5.73 Å². The van der Waals surface area contributed by atoms with Crippen LogP contribution in [0.4, 0.5) is 0 Å². The van der Waals surface area contributed by atoms with Crippen molar-refractivity contribution in [1.82, 2.24) is 4.90 Å². The van der Waals surface area contributed by atoms with Crippen molar-refractivity contribution < 1.29 is 0 Å². The van der Waals surface area contributed by atoms with E-state index in [1.54, 1.807) is 0 Å². The number of rotatable bonds is 3. The Hall–Kier alpha value is -0.860. The van der Waals surface area contributed by atoms with Crippen molar-refractivity contribution >= 4 is 0 Å². The predicted octanol–water partition coefficient (Wildman–Crippen LogP) is 2.52. The summed E-state index contributed by atoms with van der Waals surface area (Å²) in [7, 11) is 0. The normalized spacial score (nSPS) is 20.2. The minimum absolute atomic E-state index is 0.360. The van der Waals surface area contributed by atoms with Crippen molar-refractivity contribution in [2.45, 2.75) is 45.3 Å². The van der Waals surface area contributed by atoms with Crippen molar-refractivity contribution in [1.29, 1.82) is 0 Å². The van der Waals surface area contributed by atoms with Gasteiger partial charge in [-0.3, -0.25) is 4.90 Å². The first-order valence-corrected chi connectivity index (χ1v) is 6.15. The Labute approximate surface area is 98.4 Å². The Bertz CT molecular complexity index is 358. The van der Waals surface area contributed by atoms with Crippen LogP contribution in [-0.2, 0) is 13.1 Å². The van der Waals surface area contributed by atoms with Crippen LogP contribution in [0.2, 0.25) is 0 Å². The van der Waals surface area contributed by atoms with E-state index in [-0.39, 0.29) is 0 Å². The molecule has 1 saturated heterocycles. The van der Waals surface area contributed by atoms with Gasteiger partial charge >= 0.3 is 0 Å². The molecule has 1 aliphatic rings. The van der Waals surface area contributed by atoms with Gasteiger partial charge in [0, 0.05) is 18.6 Å². The van der Waals surface area contributed by atoms with Crippen LogP contribution >= 0.6 is 0 Å². The van der Waals surface area contributed by atoms with Gasteiger partial charge in [0.25, 0.3) is 0 Å². The molecular weight excluding hydrogens is 196 g/mol. The summed E-state index contributed by atoms with van der Waals surface area (Å²) in [4.78, 5) is 2.57. The summed E-state index contributed by atoms with van der Waals surface area (Å²) in [5.74, 6) is 0. The van der Waals surface area contributed by atoms with Crippen LogP contribution in [0.3, 0.4) is 0 Å². The monoisotopic (exact) mass is 218 g/mol. The van der Waals surface area contributed by atoms with Crippen LogP contribution in [-0.4, -0.2) is 17.0 Å². The molecule has 1 aromatic rings. The van der Waals surface area contributed by atoms with Crippen molar-refractivity contribution in [3.05, 3.63) is 35.4 Å². The molecule has 0 radical (unpaired) electrons. The average molecular weight is 218 g/mol. The zero-order chi connectivity index (χ0) is 11.6. The first-order chi connectivity index (χ1) is 7.62. The Morgan fingerprint density at radius 2 is 2.06 bits per heavy atom. The number of hydrogen-bond acceptors (Lipinski definition) is 2. The molecule has 0 aromatic heterocycles. The van der Waals surface area contributed by atoms with E-state index in [9.17, 15) is 0 Å². The Morgan fingerprint density at radius 1 is 1.31 bits per heavy atom. The molecule has 2 rings (SSSR count). The Kier molecular flexibility index (Phi) is 3.31. The second kappa shape index (κ2) is 4.56. The molecule has 16 heavy (non-hydrogen) atoms. The van der Waals surface area contributed by atoms with E-state index in [1.807, 2.05) is 0 Å². The number of hydrogen-bond donors (Lipinski definition) is 1. The molecule has 0 bridgehead atoms. The molecule has 2 N–H and O–H groups in total. The zero-order valence-corrected chi connectivity index (χ0v) is 10.4. The van der Waals surface area contributed by atoms with Gasteiger partial charge in [-0.15, -0.1) is 0 Å². The van der Waals surface area contributed by atoms with E-state index < -0.39 is 0 Å². The summed E-state index contributed by atoms with van der Waals surface area (Å²) >= 11 is 0. The fourth-order valence-corrected chi connectivity index (χ4v) is 2.53. The fraction of sp³-hybridized carbons (Fsp3) is 0.571. The first-order valence-electron chi connectivity index (χ1n) is 6.15. The molecule has 0 saturated carbocycles. The minimum Gasteiger partial charge on any atom is -0.326 e. The highest BCUT2D eigenvalue weighted by molar-refractivity contribution is 5.23. The average Bonchev–Trinajstić information content (AvgIpc) is 2.59. The summed E-state index contributed by atoms with van der Waals surface area (Å²) in [6.45, 7) is 7.59. The van der Waals surface area contributed by atoms with Crippen LogP contribution < -0.4 is 5.73 Å². The van der Waals surface area contributed by atoms with E-state index in [1.165, 1.54) is 30.5 Å². The molecular formula is C14H22N2. The fourth-order valence-electron chi connectivity index (χ4n) is 2.53. The van der Waals surface area contributed by atoms with Crippen molar-refractivity contribution in [2.75, 3.05) is 6.54 Å². The third-order valence-electron chi connectivity index (χ3n) is 3.67. The number of likely N-dealkylation sites (tertiary alicyclic amines) is 1. The maximum absolute atomic E-state index is 5.67. The standard InChI is InChI=1S/C14H22N2/c1-14(2)7-4-8-16(14)11-13-6-3-5-12(9-13)10-15/h3,5-6,9H,4,7-8,10-11,15H2,1-2H3. The Balaban J connectivity index is 2.08. The molecule has 0 amide bonds. The molecule has 88 valence electrons. The highest BCUT2D eigenvalue weighted by Gasteiger charge is 2.31. The lowest BCUT2D eigenvalue weighted by atomic mass is 10.0. The van der Waals surface area contributed by atoms with Crippen molar-refractivity contribution in [3.63, 3.8) is 0 Å². The third-order valence-corrected chi connectivity index (χ3v) is 3.67. The van der Waals surface area contributed by atoms with Gasteiger partial charge in [0.05, 0.1) is 0 Å². The van der Waals surface area contributed by atoms with E-state index >= 15 is 0 Å². The summed E-state index contributed by atoms with van der Waals surface area (Å²) in [6.07, 6.45) is 2.63. The minimum atomic E-state index is 0.360. The zero-order valence-electron chi connectivity index (χ0n) is 10.4. The number of benzene rings is 1. The Morgan fingerprint density at radius 3 is 2.69 bits per heavy atom. The maximum Gasteiger partial charge on any atom is 0.0239 e. The quantitative estimate of drug-likeness (QED) is 0.844. The van der Waals surface area contributed by atoms with Crippen LogP contribution in [0.15, 0.2) is 24.3 Å². The van der Waals surface area contributed by atoms with Crippen LogP contribution in [0, 0.1) is 0 Å². The molecule has 0 spiro atoms. The summed E-state index contributed by atoms with van der Waals surface area (Å²) in [5, 5.41) is 0. The summed E-state index contributed by atoms with van der Waals surface area (Å²) in [5.41, 5.74) is 8.64. The molecule has 2 nitrogen and oxygen atoms in total. The highest BCUT2D eigenvalue weighted by Crippen LogP contribution is 2.29. The molecule has 0 unspecified atom stereocenters. The molecule has 1 aliphatic heterocycles. The van der Waals surface area contributed by atoms with Crippen molar-refractivity contribution in [2.24, 2.45) is 5.73 Å². The van der Waals surface area contributed by atoms with Gasteiger partial charge in [0.1, 0.15) is 0 Å². The van der Waals surface area contributed by atoms with Gasteiger partial charge in [0.2, 0.25) is 0 Å². The second-order valence-electron chi connectivity index (χ2n) is 5.36. The largest absolute Gasteiger partial charge is 0.326 e. The second-order valence-corrected chi connectivity index (χ2v) is 5.36. The van der Waals surface area contributed by atoms with Gasteiger partial charge in [-0.2, -0.15) is 0 Å². The van der Waals surface area contributed by atoms with Gasteiger partial charge in [0.15, 0.2) is 0 Å². The van der Waals surface area contributed by atoms with Crippen LogP contribution in [0.25, 0.3) is 0 Å². The summed E-state index contributed by atoms with van der Waals surface area (Å²) in [6, 6.07) is 8.64. The van der Waals surface area contributed by atoms with Crippen LogP contribution in [0.5, 0.6) is 0 Å². The molecule has 2 heteroatoms. The molecule has 1 heterocycles. The van der Waals surface area contributed by atoms with E-state index in [0.29, 0.717) is 12.1 Å². The molecule has 0 aliphatic carbocycles. The smallest absolute Gasteiger partial charge is 0.0239 e. The molecule has 1 fully saturated rings. The van der Waals surface area contributed by atoms with Gasteiger partial charge in [-0.25, -0.2) is 0 Å².